The van der Waals surface area contributed by atoms with Crippen LogP contribution >= 0.6 is 0 Å². The molecule has 2 amide bonds. The van der Waals surface area contributed by atoms with Gasteiger partial charge in [0.1, 0.15) is 12.2 Å². The molecule has 2 heterocycles. The lowest BCUT2D eigenvalue weighted by Gasteiger charge is -2.32. The molecule has 2 aromatic carbocycles. The maximum Gasteiger partial charge on any atom is 0.331 e. The van der Waals surface area contributed by atoms with E-state index >= 15 is 0 Å². The van der Waals surface area contributed by atoms with Crippen molar-refractivity contribution in [2.45, 2.75) is 31.6 Å². The number of imide groups is 1. The first kappa shape index (κ1) is 23.4. The summed E-state index contributed by atoms with van der Waals surface area (Å²) in [7, 11) is -4.05. The van der Waals surface area contributed by atoms with Crippen molar-refractivity contribution in [3.63, 3.8) is 0 Å². The molecule has 0 saturated heterocycles. The van der Waals surface area contributed by atoms with Gasteiger partial charge in [-0.05, 0) is 30.7 Å². The van der Waals surface area contributed by atoms with Crippen LogP contribution in [0, 0.1) is 0 Å². The summed E-state index contributed by atoms with van der Waals surface area (Å²) >= 11 is 0. The highest BCUT2D eigenvalue weighted by Crippen LogP contribution is 2.38. The molecule has 0 saturated carbocycles. The average Bonchev–Trinajstić information content (AvgIpc) is 3.04. The van der Waals surface area contributed by atoms with Crippen LogP contribution in [0.25, 0.3) is 5.76 Å². The van der Waals surface area contributed by atoms with Crippen molar-refractivity contribution in [2.24, 2.45) is 0 Å². The second kappa shape index (κ2) is 8.86. The summed E-state index contributed by atoms with van der Waals surface area (Å²) < 4.78 is 33.0. The molecule has 0 aliphatic carbocycles. The lowest BCUT2D eigenvalue weighted by Crippen LogP contribution is -2.40. The molecule has 10 heteroatoms. The molecule has 0 aromatic heterocycles. The summed E-state index contributed by atoms with van der Waals surface area (Å²) in [6.45, 7) is 2.41. The van der Waals surface area contributed by atoms with Crippen LogP contribution in [-0.4, -0.2) is 54.3 Å². The number of allylic oxidation sites excluding steroid dienone is 1. The summed E-state index contributed by atoms with van der Waals surface area (Å²) in [5.41, 5.74) is 0.173. The van der Waals surface area contributed by atoms with Gasteiger partial charge in [-0.3, -0.25) is 23.6 Å². The number of carbonyl (C=O) groups excluding carboxylic acids is 4. The summed E-state index contributed by atoms with van der Waals surface area (Å²) in [5.74, 6) is -3.05. The molecular weight excluding hydrogens is 460 g/mol. The van der Waals surface area contributed by atoms with Crippen molar-refractivity contribution in [3.05, 3.63) is 70.9 Å². The molecule has 2 aliphatic heterocycles. The number of hydrogen-bond donors (Lipinski definition) is 0. The molecule has 0 fully saturated rings. The van der Waals surface area contributed by atoms with Gasteiger partial charge in [0.25, 0.3) is 21.8 Å². The summed E-state index contributed by atoms with van der Waals surface area (Å²) in [6, 6.07) is 12.1. The zero-order chi connectivity index (χ0) is 24.6. The number of ketones is 1. The van der Waals surface area contributed by atoms with E-state index in [1.165, 1.54) is 37.3 Å². The average molecular weight is 483 g/mol. The van der Waals surface area contributed by atoms with E-state index in [0.717, 1.165) is 9.21 Å². The molecule has 0 unspecified atom stereocenters. The molecule has 4 rings (SSSR count). The van der Waals surface area contributed by atoms with E-state index in [-0.39, 0.29) is 39.6 Å². The second-order valence-electron chi connectivity index (χ2n) is 7.88. The second-order valence-corrected chi connectivity index (χ2v) is 9.71. The minimum absolute atomic E-state index is 0.0293. The zero-order valence-corrected chi connectivity index (χ0v) is 19.4. The fourth-order valence-electron chi connectivity index (χ4n) is 3.99. The number of Topliss-reactive ketones (excluding diaryl/α,β-unsaturated/α-hetero) is 1. The van der Waals surface area contributed by atoms with Gasteiger partial charge in [0, 0.05) is 19.0 Å². The predicted molar refractivity (Wildman–Crippen MR) is 121 cm³/mol. The van der Waals surface area contributed by atoms with E-state index in [4.69, 9.17) is 4.74 Å². The molecule has 0 atom stereocenters. The van der Waals surface area contributed by atoms with E-state index in [9.17, 15) is 27.6 Å². The number of fused-ring (bicyclic) bond motifs is 2. The van der Waals surface area contributed by atoms with Gasteiger partial charge in [-0.25, -0.2) is 13.2 Å². The van der Waals surface area contributed by atoms with E-state index in [1.54, 1.807) is 18.2 Å². The summed E-state index contributed by atoms with van der Waals surface area (Å²) in [6.07, 6.45) is 1.15. The molecule has 9 nitrogen and oxygen atoms in total. The van der Waals surface area contributed by atoms with Crippen molar-refractivity contribution < 1.29 is 32.3 Å². The lowest BCUT2D eigenvalue weighted by atomic mass is 10.1. The van der Waals surface area contributed by atoms with Gasteiger partial charge in [0.15, 0.2) is 11.5 Å². The monoisotopic (exact) mass is 482 g/mol. The fraction of sp³-hybridized carbons (Fsp3) is 0.250. The maximum absolute atomic E-state index is 13.2. The van der Waals surface area contributed by atoms with Crippen molar-refractivity contribution in [1.29, 1.82) is 0 Å². The van der Waals surface area contributed by atoms with Crippen molar-refractivity contribution in [2.75, 3.05) is 13.1 Å². The zero-order valence-electron chi connectivity index (χ0n) is 18.6. The third-order valence-electron chi connectivity index (χ3n) is 5.59. The number of rotatable bonds is 7. The third-order valence-corrected chi connectivity index (χ3v) is 7.45. The first-order valence-electron chi connectivity index (χ1n) is 10.7. The number of benzene rings is 2. The van der Waals surface area contributed by atoms with Gasteiger partial charge in [0.05, 0.1) is 16.0 Å². The highest BCUT2D eigenvalue weighted by molar-refractivity contribution is 7.89. The van der Waals surface area contributed by atoms with Crippen LogP contribution in [0.3, 0.4) is 0 Å². The van der Waals surface area contributed by atoms with Crippen LogP contribution in [-0.2, 0) is 24.3 Å². The molecule has 34 heavy (non-hydrogen) atoms. The van der Waals surface area contributed by atoms with Gasteiger partial charge in [-0.2, -0.15) is 0 Å². The number of unbranched alkanes of at least 4 members (excludes halogenated alkanes) is 1. The molecule has 0 bridgehead atoms. The van der Waals surface area contributed by atoms with Crippen LogP contribution in [0.1, 0.15) is 53.0 Å². The van der Waals surface area contributed by atoms with Gasteiger partial charge >= 0.3 is 5.97 Å². The molecule has 0 spiro atoms. The van der Waals surface area contributed by atoms with E-state index < -0.39 is 40.1 Å². The summed E-state index contributed by atoms with van der Waals surface area (Å²) in [4.78, 5) is 51.4. The number of ether oxygens (including phenoxy) is 1. The Kier molecular flexibility index (Phi) is 6.09. The van der Waals surface area contributed by atoms with Crippen LogP contribution in [0.2, 0.25) is 0 Å². The Morgan fingerprint density at radius 2 is 1.47 bits per heavy atom. The highest BCUT2D eigenvalue weighted by Gasteiger charge is 2.41. The largest absolute Gasteiger partial charge is 0.422 e. The smallest absolute Gasteiger partial charge is 0.331 e. The third kappa shape index (κ3) is 3.79. The topological polar surface area (TPSA) is 118 Å². The molecule has 0 radical (unpaired) electrons. The first-order valence-corrected chi connectivity index (χ1v) is 12.2. The fourth-order valence-corrected chi connectivity index (χ4v) is 5.74. The van der Waals surface area contributed by atoms with Crippen molar-refractivity contribution in [3.8, 4) is 0 Å². The quantitative estimate of drug-likeness (QED) is 0.440. The molecule has 176 valence electrons. The standard InChI is InChI=1S/C24H22N2O7S/c1-3-4-13-26-21(15(2)27)22(18-11-7-8-12-19(18)34(26,31)32)33-20(28)14-25-23(29)16-9-5-6-10-17(16)24(25)30/h5-12H,3-4,13-14H2,1-2H3. The number of amides is 2. The Bertz CT molecular complexity index is 1330. The van der Waals surface area contributed by atoms with Crippen LogP contribution < -0.4 is 0 Å². The maximum atomic E-state index is 13.2. The molecular formula is C24H22N2O7S. The highest BCUT2D eigenvalue weighted by atomic mass is 32.2. The van der Waals surface area contributed by atoms with Gasteiger partial charge < -0.3 is 4.74 Å². The predicted octanol–water partition coefficient (Wildman–Crippen LogP) is 2.59. The Balaban J connectivity index is 1.71. The molecule has 0 N–H and O–H groups in total. The first-order chi connectivity index (χ1) is 16.2. The minimum atomic E-state index is -4.05. The van der Waals surface area contributed by atoms with E-state index in [1.807, 2.05) is 6.92 Å². The van der Waals surface area contributed by atoms with E-state index in [2.05, 4.69) is 0 Å². The number of carbonyl (C=O) groups is 4. The number of sulfonamides is 1. The van der Waals surface area contributed by atoms with Crippen molar-refractivity contribution in [1.82, 2.24) is 9.21 Å². The number of hydrogen-bond acceptors (Lipinski definition) is 7. The number of esters is 1. The van der Waals surface area contributed by atoms with Gasteiger partial charge in [-0.15, -0.1) is 0 Å². The lowest BCUT2D eigenvalue weighted by molar-refractivity contribution is -0.137. The van der Waals surface area contributed by atoms with Gasteiger partial charge in [0.2, 0.25) is 0 Å². The summed E-state index contributed by atoms with van der Waals surface area (Å²) in [5, 5.41) is 0. The van der Waals surface area contributed by atoms with Crippen LogP contribution in [0.15, 0.2) is 59.1 Å². The normalized spacial score (nSPS) is 16.4. The Hall–Kier alpha value is -3.79. The Morgan fingerprint density at radius 1 is 0.912 bits per heavy atom. The van der Waals surface area contributed by atoms with Crippen molar-refractivity contribution >= 4 is 39.3 Å². The Morgan fingerprint density at radius 3 is 2.03 bits per heavy atom. The van der Waals surface area contributed by atoms with Gasteiger partial charge in [-0.1, -0.05) is 37.6 Å². The van der Waals surface area contributed by atoms with E-state index in [0.29, 0.717) is 12.8 Å². The van der Waals surface area contributed by atoms with Crippen LogP contribution in [0.5, 0.6) is 0 Å². The SMILES string of the molecule is CCCCN1C(C(C)=O)=C(OC(=O)CN2C(=O)c3ccccc3C2=O)c2ccccc2S1(=O)=O. The van der Waals surface area contributed by atoms with Crippen LogP contribution in [0.4, 0.5) is 0 Å². The Labute approximate surface area is 196 Å². The molecule has 2 aromatic rings. The minimum Gasteiger partial charge on any atom is -0.422 e. The molecule has 2 aliphatic rings. The number of nitrogens with zero attached hydrogens (tertiary/aromatic N) is 2.